The molecule has 2 N–H and O–H groups in total. The van der Waals surface area contributed by atoms with Crippen molar-refractivity contribution in [1.29, 1.82) is 0 Å². The maximum absolute atomic E-state index is 12.3. The van der Waals surface area contributed by atoms with Gasteiger partial charge in [0.1, 0.15) is 6.54 Å². The summed E-state index contributed by atoms with van der Waals surface area (Å²) < 4.78 is 4.71. The summed E-state index contributed by atoms with van der Waals surface area (Å²) in [7, 11) is 3.28. The van der Waals surface area contributed by atoms with E-state index >= 15 is 0 Å². The van der Waals surface area contributed by atoms with Crippen molar-refractivity contribution < 1.29 is 19.2 Å². The van der Waals surface area contributed by atoms with Crippen molar-refractivity contribution in [2.75, 3.05) is 26.0 Å². The lowest BCUT2D eigenvalue weighted by atomic mass is 10.1. The molecule has 1 unspecified atom stereocenters. The summed E-state index contributed by atoms with van der Waals surface area (Å²) in [5.74, 6) is -0.544. The van der Waals surface area contributed by atoms with E-state index in [4.69, 9.17) is 16.3 Å². The second kappa shape index (κ2) is 8.65. The molecule has 0 aliphatic heterocycles. The summed E-state index contributed by atoms with van der Waals surface area (Å²) in [6.45, 7) is 2.90. The molecule has 132 valence electrons. The number of ether oxygens (including phenoxy) is 1. The van der Waals surface area contributed by atoms with Crippen molar-refractivity contribution in [3.05, 3.63) is 64.2 Å². The van der Waals surface area contributed by atoms with E-state index in [9.17, 15) is 9.59 Å². The number of anilines is 1. The minimum atomic E-state index is -0.430. The van der Waals surface area contributed by atoms with Crippen LogP contribution in [0.25, 0.3) is 0 Å². The van der Waals surface area contributed by atoms with E-state index in [1.165, 1.54) is 7.11 Å². The average Bonchev–Trinajstić information content (AvgIpc) is 2.58. The van der Waals surface area contributed by atoms with Gasteiger partial charge in [-0.1, -0.05) is 29.8 Å². The number of carbonyl (C=O) groups is 2. The number of methoxy groups -OCH3 is 1. The van der Waals surface area contributed by atoms with Crippen LogP contribution in [0.5, 0.6) is 0 Å². The first kappa shape index (κ1) is 19.0. The molecule has 0 fully saturated rings. The number of amides is 1. The first-order chi connectivity index (χ1) is 11.9. The van der Waals surface area contributed by atoms with Crippen molar-refractivity contribution in [3.63, 3.8) is 0 Å². The van der Waals surface area contributed by atoms with Gasteiger partial charge in [-0.3, -0.25) is 4.79 Å². The van der Waals surface area contributed by atoms with Crippen molar-refractivity contribution >= 4 is 29.2 Å². The Morgan fingerprint density at radius 2 is 1.84 bits per heavy atom. The number of hydrogen-bond acceptors (Lipinski definition) is 3. The van der Waals surface area contributed by atoms with E-state index in [2.05, 4.69) is 5.32 Å². The summed E-state index contributed by atoms with van der Waals surface area (Å²) in [6, 6.07) is 12.7. The highest BCUT2D eigenvalue weighted by Gasteiger charge is 2.14. The second-order valence-corrected chi connectivity index (χ2v) is 6.44. The Morgan fingerprint density at radius 1 is 1.16 bits per heavy atom. The second-order valence-electron chi connectivity index (χ2n) is 6.01. The normalized spacial score (nSPS) is 11.7. The number of esters is 1. The highest BCUT2D eigenvalue weighted by Crippen LogP contribution is 2.17. The molecule has 0 aliphatic rings. The molecule has 0 saturated carbocycles. The summed E-state index contributed by atoms with van der Waals surface area (Å²) in [4.78, 5) is 25.0. The van der Waals surface area contributed by atoms with Gasteiger partial charge in [0.05, 0.1) is 19.7 Å². The van der Waals surface area contributed by atoms with Gasteiger partial charge in [-0.15, -0.1) is 0 Å². The van der Waals surface area contributed by atoms with Crippen molar-refractivity contribution in [2.24, 2.45) is 0 Å². The molecule has 0 aromatic heterocycles. The van der Waals surface area contributed by atoms with Gasteiger partial charge >= 0.3 is 5.97 Å². The molecular formula is C19H22ClN2O3+. The first-order valence-corrected chi connectivity index (χ1v) is 8.31. The van der Waals surface area contributed by atoms with E-state index in [-0.39, 0.29) is 5.91 Å². The maximum Gasteiger partial charge on any atom is 0.337 e. The molecule has 0 saturated heterocycles. The standard InChI is InChI=1S/C19H21ClN2O3/c1-13-4-7-15(19(24)25-3)10-17(13)21-18(23)12-22(2)11-14-5-8-16(20)9-6-14/h4-10H,11-12H2,1-3H3,(H,21,23)/p+1. The van der Waals surface area contributed by atoms with Crippen LogP contribution in [0.3, 0.4) is 0 Å². The number of aryl methyl sites for hydroxylation is 1. The quantitative estimate of drug-likeness (QED) is 0.774. The molecule has 0 spiro atoms. The van der Waals surface area contributed by atoms with E-state index in [0.717, 1.165) is 16.0 Å². The zero-order valence-corrected chi connectivity index (χ0v) is 15.3. The predicted molar refractivity (Wildman–Crippen MR) is 98.1 cm³/mol. The fraction of sp³-hybridized carbons (Fsp3) is 0.263. The fourth-order valence-corrected chi connectivity index (χ4v) is 2.61. The van der Waals surface area contributed by atoms with Crippen LogP contribution in [0.15, 0.2) is 42.5 Å². The highest BCUT2D eigenvalue weighted by atomic mass is 35.5. The van der Waals surface area contributed by atoms with Crippen LogP contribution in [0.4, 0.5) is 5.69 Å². The number of nitrogens with one attached hydrogen (secondary N) is 2. The zero-order valence-electron chi connectivity index (χ0n) is 14.6. The van der Waals surface area contributed by atoms with Gasteiger partial charge in [-0.2, -0.15) is 0 Å². The van der Waals surface area contributed by atoms with E-state index in [1.54, 1.807) is 18.2 Å². The summed E-state index contributed by atoms with van der Waals surface area (Å²) >= 11 is 5.88. The number of benzene rings is 2. The first-order valence-electron chi connectivity index (χ1n) is 7.93. The van der Waals surface area contributed by atoms with Crippen LogP contribution in [0.1, 0.15) is 21.5 Å². The third kappa shape index (κ3) is 5.59. The lowest BCUT2D eigenvalue weighted by Gasteiger charge is -2.15. The molecule has 0 bridgehead atoms. The Morgan fingerprint density at radius 3 is 2.48 bits per heavy atom. The van der Waals surface area contributed by atoms with Crippen LogP contribution in [0.2, 0.25) is 5.02 Å². The molecule has 0 heterocycles. The molecule has 25 heavy (non-hydrogen) atoms. The monoisotopic (exact) mass is 361 g/mol. The Hall–Kier alpha value is -2.37. The topological polar surface area (TPSA) is 59.8 Å². The average molecular weight is 362 g/mol. The lowest BCUT2D eigenvalue weighted by Crippen LogP contribution is -3.08. The summed E-state index contributed by atoms with van der Waals surface area (Å²) in [6.07, 6.45) is 0. The Kier molecular flexibility index (Phi) is 6.56. The lowest BCUT2D eigenvalue weighted by molar-refractivity contribution is -0.885. The maximum atomic E-state index is 12.3. The minimum absolute atomic E-state index is 0.114. The third-order valence-electron chi connectivity index (χ3n) is 3.81. The molecule has 5 nitrogen and oxygen atoms in total. The van der Waals surface area contributed by atoms with Gasteiger partial charge in [0, 0.05) is 16.3 Å². The molecule has 2 aromatic rings. The number of hydrogen-bond donors (Lipinski definition) is 2. The van der Waals surface area contributed by atoms with Crippen LogP contribution in [-0.2, 0) is 16.1 Å². The van der Waals surface area contributed by atoms with Gasteiger partial charge in [0.25, 0.3) is 5.91 Å². The number of quaternary nitrogens is 1. The highest BCUT2D eigenvalue weighted by molar-refractivity contribution is 6.30. The van der Waals surface area contributed by atoms with Gasteiger partial charge in [-0.05, 0) is 36.8 Å². The van der Waals surface area contributed by atoms with Gasteiger partial charge in [0.15, 0.2) is 6.54 Å². The largest absolute Gasteiger partial charge is 0.465 e. The van der Waals surface area contributed by atoms with E-state index in [0.29, 0.717) is 29.4 Å². The molecule has 0 aliphatic carbocycles. The van der Waals surface area contributed by atoms with Crippen molar-refractivity contribution in [2.45, 2.75) is 13.5 Å². The third-order valence-corrected chi connectivity index (χ3v) is 4.07. The van der Waals surface area contributed by atoms with E-state index < -0.39 is 5.97 Å². The zero-order chi connectivity index (χ0) is 18.4. The Bertz CT molecular complexity index is 760. The minimum Gasteiger partial charge on any atom is -0.465 e. The molecule has 6 heteroatoms. The molecule has 1 atom stereocenters. The number of likely N-dealkylation sites (N-methyl/N-ethyl adjacent to an activating group) is 1. The van der Waals surface area contributed by atoms with Crippen LogP contribution < -0.4 is 10.2 Å². The van der Waals surface area contributed by atoms with Gasteiger partial charge in [-0.25, -0.2) is 4.79 Å². The molecule has 2 aromatic carbocycles. The van der Waals surface area contributed by atoms with Crippen molar-refractivity contribution in [3.8, 4) is 0 Å². The molecular weight excluding hydrogens is 340 g/mol. The van der Waals surface area contributed by atoms with Crippen LogP contribution in [0, 0.1) is 6.92 Å². The smallest absolute Gasteiger partial charge is 0.337 e. The van der Waals surface area contributed by atoms with Crippen LogP contribution >= 0.6 is 11.6 Å². The number of rotatable bonds is 6. The Balaban J connectivity index is 1.97. The molecule has 1 amide bonds. The summed E-state index contributed by atoms with van der Waals surface area (Å²) in [5.41, 5.74) is 3.02. The SMILES string of the molecule is COC(=O)c1ccc(C)c(NC(=O)C[NH+](C)Cc2ccc(Cl)cc2)c1. The molecule has 0 radical (unpaired) electrons. The number of carbonyl (C=O) groups excluding carboxylic acids is 2. The van der Waals surface area contributed by atoms with Crippen molar-refractivity contribution in [1.82, 2.24) is 0 Å². The van der Waals surface area contributed by atoms with E-state index in [1.807, 2.05) is 38.2 Å². The predicted octanol–water partition coefficient (Wildman–Crippen LogP) is 2.09. The summed E-state index contributed by atoms with van der Waals surface area (Å²) in [5, 5.41) is 3.56. The number of halogens is 1. The van der Waals surface area contributed by atoms with Gasteiger partial charge in [0.2, 0.25) is 0 Å². The Labute approximate surface area is 152 Å². The molecule has 2 rings (SSSR count). The van der Waals surface area contributed by atoms with Gasteiger partial charge < -0.3 is 15.0 Å². The fourth-order valence-electron chi connectivity index (χ4n) is 2.48. The van der Waals surface area contributed by atoms with Crippen LogP contribution in [-0.4, -0.2) is 32.6 Å².